The number of primary amides is 1. The Hall–Kier alpha value is -2.65. The molecule has 1 aromatic heterocycles. The number of halogens is 2. The Bertz CT molecular complexity index is 946. The predicted octanol–water partition coefficient (Wildman–Crippen LogP) is 3.07. The molecular weight excluding hydrogens is 445 g/mol. The Kier molecular flexibility index (Phi) is 8.41. The zero-order chi connectivity index (χ0) is 21.4. The number of rotatable bonds is 6. The molecule has 0 spiro atoms. The van der Waals surface area contributed by atoms with Crippen LogP contribution in [0.3, 0.4) is 0 Å². The van der Waals surface area contributed by atoms with Crippen molar-refractivity contribution in [2.24, 2.45) is 5.73 Å². The van der Waals surface area contributed by atoms with Gasteiger partial charge in [-0.3, -0.25) is 9.59 Å². The Balaban J connectivity index is 0.000000438. The molecular formula is C20H23BrFN3O4. The number of pyridine rings is 1. The smallest absolute Gasteiger partial charge is 0.252 e. The van der Waals surface area contributed by atoms with Gasteiger partial charge in [0.05, 0.1) is 29.8 Å². The van der Waals surface area contributed by atoms with E-state index in [9.17, 15) is 14.0 Å². The quantitative estimate of drug-likeness (QED) is 0.447. The van der Waals surface area contributed by atoms with Crippen molar-refractivity contribution in [3.63, 3.8) is 0 Å². The fourth-order valence-corrected chi connectivity index (χ4v) is 3.34. The molecule has 2 heterocycles. The van der Waals surface area contributed by atoms with Gasteiger partial charge in [0.2, 0.25) is 0 Å². The number of amides is 1. The van der Waals surface area contributed by atoms with Gasteiger partial charge in [-0.2, -0.15) is 0 Å². The molecule has 0 fully saturated rings. The van der Waals surface area contributed by atoms with Crippen LogP contribution in [0, 0.1) is 5.82 Å². The van der Waals surface area contributed by atoms with Crippen LogP contribution in [0.5, 0.6) is 0 Å². The van der Waals surface area contributed by atoms with Crippen LogP contribution in [0.1, 0.15) is 28.9 Å². The summed E-state index contributed by atoms with van der Waals surface area (Å²) in [6.45, 7) is 4.25. The molecule has 0 saturated heterocycles. The summed E-state index contributed by atoms with van der Waals surface area (Å²) < 4.78 is 20.7. The maximum atomic E-state index is 14.0. The Morgan fingerprint density at radius 2 is 2.14 bits per heavy atom. The molecule has 7 nitrogen and oxygen atoms in total. The Morgan fingerprint density at radius 1 is 1.38 bits per heavy atom. The number of fused-ring (bicyclic) bond motifs is 1. The minimum Gasteiger partial charge on any atom is -0.499 e. The molecule has 1 aromatic carbocycles. The lowest BCUT2D eigenvalue weighted by Crippen LogP contribution is -2.31. The third-order valence-corrected chi connectivity index (χ3v) is 4.73. The normalized spacial score (nSPS) is 12.2. The summed E-state index contributed by atoms with van der Waals surface area (Å²) in [6.07, 6.45) is 3.68. The van der Waals surface area contributed by atoms with E-state index in [4.69, 9.17) is 10.8 Å². The zero-order valence-electron chi connectivity index (χ0n) is 15.8. The lowest BCUT2D eigenvalue weighted by Gasteiger charge is -2.23. The molecule has 0 atom stereocenters. The van der Waals surface area contributed by atoms with Crippen molar-refractivity contribution >= 4 is 33.2 Å². The zero-order valence-corrected chi connectivity index (χ0v) is 17.4. The van der Waals surface area contributed by atoms with Gasteiger partial charge >= 0.3 is 0 Å². The van der Waals surface area contributed by atoms with E-state index in [0.29, 0.717) is 29.7 Å². The summed E-state index contributed by atoms with van der Waals surface area (Å²) in [5.41, 5.74) is 6.59. The maximum Gasteiger partial charge on any atom is 0.252 e. The van der Waals surface area contributed by atoms with Crippen LogP contribution in [-0.4, -0.2) is 28.8 Å². The molecule has 3 rings (SSSR count). The molecule has 156 valence electrons. The van der Waals surface area contributed by atoms with Gasteiger partial charge in [0.1, 0.15) is 12.4 Å². The van der Waals surface area contributed by atoms with E-state index < -0.39 is 11.7 Å². The first-order valence-corrected chi connectivity index (χ1v) is 9.80. The van der Waals surface area contributed by atoms with Crippen LogP contribution < -0.4 is 16.6 Å². The van der Waals surface area contributed by atoms with Crippen LogP contribution in [0.2, 0.25) is 0 Å². The Morgan fingerprint density at radius 3 is 2.72 bits per heavy atom. The van der Waals surface area contributed by atoms with E-state index in [1.807, 2.05) is 0 Å². The van der Waals surface area contributed by atoms with Crippen LogP contribution in [0.4, 0.5) is 15.8 Å². The van der Waals surface area contributed by atoms with Gasteiger partial charge in [0, 0.05) is 22.8 Å². The topological polar surface area (TPSA) is 107 Å². The second kappa shape index (κ2) is 10.8. The SMILES string of the molecule is C=COCCO.NC(=O)c1c(Nc2ccc(Br)cc2F)cc(=O)n2c1CCCC2. The summed E-state index contributed by atoms with van der Waals surface area (Å²) in [4.78, 5) is 24.2. The number of hydrogen-bond donors (Lipinski definition) is 3. The van der Waals surface area contributed by atoms with Crippen molar-refractivity contribution in [2.45, 2.75) is 25.8 Å². The standard InChI is InChI=1S/C16H15BrFN3O2.C4H8O2/c17-9-4-5-11(10(18)7-9)20-12-8-14(22)21-6-2-1-3-13(21)15(12)16(19)23;1-2-6-4-3-5/h4-5,7-8,20H,1-3,6H2,(H2,19,23);2,5H,1,3-4H2. The van der Waals surface area contributed by atoms with Crippen molar-refractivity contribution in [2.75, 3.05) is 18.5 Å². The fourth-order valence-electron chi connectivity index (χ4n) is 3.01. The van der Waals surface area contributed by atoms with E-state index in [1.54, 1.807) is 10.6 Å². The van der Waals surface area contributed by atoms with Gasteiger partial charge in [0.15, 0.2) is 0 Å². The van der Waals surface area contributed by atoms with E-state index in [2.05, 4.69) is 32.6 Å². The number of nitrogens with two attached hydrogens (primary N) is 1. The molecule has 2 aromatic rings. The number of aromatic nitrogens is 1. The number of nitrogens with one attached hydrogen (secondary N) is 1. The molecule has 9 heteroatoms. The van der Waals surface area contributed by atoms with Crippen LogP contribution in [0.25, 0.3) is 0 Å². The van der Waals surface area contributed by atoms with Gasteiger partial charge < -0.3 is 25.5 Å². The first-order valence-electron chi connectivity index (χ1n) is 9.01. The number of aliphatic hydroxyl groups is 1. The fraction of sp³-hybridized carbons (Fsp3) is 0.300. The molecule has 0 aliphatic carbocycles. The summed E-state index contributed by atoms with van der Waals surface area (Å²) in [6, 6.07) is 5.80. The van der Waals surface area contributed by atoms with E-state index in [1.165, 1.54) is 24.5 Å². The lowest BCUT2D eigenvalue weighted by atomic mass is 10.0. The average molecular weight is 468 g/mol. The average Bonchev–Trinajstić information content (AvgIpc) is 2.69. The molecule has 1 amide bonds. The molecule has 0 unspecified atom stereocenters. The number of aliphatic hydroxyl groups excluding tert-OH is 1. The lowest BCUT2D eigenvalue weighted by molar-refractivity contribution is 0.0998. The summed E-state index contributed by atoms with van der Waals surface area (Å²) in [5, 5.41) is 10.9. The van der Waals surface area contributed by atoms with Crippen LogP contribution in [0.15, 0.2) is 46.4 Å². The molecule has 0 radical (unpaired) electrons. The largest absolute Gasteiger partial charge is 0.499 e. The second-order valence-corrected chi connectivity index (χ2v) is 7.12. The van der Waals surface area contributed by atoms with Gasteiger partial charge in [-0.15, -0.1) is 0 Å². The van der Waals surface area contributed by atoms with Gasteiger partial charge in [-0.05, 0) is 37.5 Å². The number of ether oxygens (including phenoxy) is 1. The predicted molar refractivity (Wildman–Crippen MR) is 113 cm³/mol. The van der Waals surface area contributed by atoms with Crippen LogP contribution >= 0.6 is 15.9 Å². The summed E-state index contributed by atoms with van der Waals surface area (Å²) in [7, 11) is 0. The van der Waals surface area contributed by atoms with E-state index >= 15 is 0 Å². The van der Waals surface area contributed by atoms with Crippen molar-refractivity contribution < 1.29 is 19.0 Å². The molecule has 0 saturated carbocycles. The van der Waals surface area contributed by atoms with Crippen LogP contribution in [-0.2, 0) is 17.7 Å². The number of benzene rings is 1. The van der Waals surface area contributed by atoms with Gasteiger partial charge in [-0.25, -0.2) is 4.39 Å². The van der Waals surface area contributed by atoms with Gasteiger partial charge in [-0.1, -0.05) is 22.5 Å². The molecule has 1 aliphatic heterocycles. The summed E-state index contributed by atoms with van der Waals surface area (Å²) in [5.74, 6) is -1.12. The number of hydrogen-bond acceptors (Lipinski definition) is 5. The highest BCUT2D eigenvalue weighted by Gasteiger charge is 2.22. The molecule has 0 bridgehead atoms. The third kappa shape index (κ3) is 5.91. The van der Waals surface area contributed by atoms with E-state index in [-0.39, 0.29) is 29.1 Å². The first-order chi connectivity index (χ1) is 13.9. The number of carbonyl (C=O) groups is 1. The van der Waals surface area contributed by atoms with Crippen molar-refractivity contribution in [3.05, 3.63) is 69.0 Å². The number of carbonyl (C=O) groups excluding carboxylic acids is 1. The highest BCUT2D eigenvalue weighted by atomic mass is 79.9. The van der Waals surface area contributed by atoms with Crippen molar-refractivity contribution in [3.8, 4) is 0 Å². The molecule has 4 N–H and O–H groups in total. The monoisotopic (exact) mass is 467 g/mol. The summed E-state index contributed by atoms with van der Waals surface area (Å²) >= 11 is 3.19. The molecule has 29 heavy (non-hydrogen) atoms. The first kappa shape index (κ1) is 22.6. The van der Waals surface area contributed by atoms with Crippen molar-refractivity contribution in [1.82, 2.24) is 4.57 Å². The highest BCUT2D eigenvalue weighted by Crippen LogP contribution is 2.28. The number of nitrogens with zero attached hydrogens (tertiary/aromatic N) is 1. The third-order valence-electron chi connectivity index (χ3n) is 4.24. The Labute approximate surface area is 176 Å². The van der Waals surface area contributed by atoms with E-state index in [0.717, 1.165) is 12.8 Å². The number of anilines is 2. The second-order valence-electron chi connectivity index (χ2n) is 6.20. The minimum absolute atomic E-state index is 0.0615. The van der Waals surface area contributed by atoms with Gasteiger partial charge in [0.25, 0.3) is 11.5 Å². The van der Waals surface area contributed by atoms with Crippen molar-refractivity contribution in [1.29, 1.82) is 0 Å². The maximum absolute atomic E-state index is 14.0. The minimum atomic E-state index is -0.629. The molecule has 1 aliphatic rings. The highest BCUT2D eigenvalue weighted by molar-refractivity contribution is 9.10.